The number of aryl methyl sites for hydroxylation is 4. The number of benzene rings is 5. The molecular formula is C79H96BrIN4O20Xe. The van der Waals surface area contributed by atoms with Gasteiger partial charge in [0.1, 0.15) is 57.5 Å². The summed E-state index contributed by atoms with van der Waals surface area (Å²) in [6, 6.07) is 22.7. The summed E-state index contributed by atoms with van der Waals surface area (Å²) in [5.41, 5.74) is 7.89. The molecule has 0 atom stereocenters. The zero-order valence-electron chi connectivity index (χ0n) is 60.2. The fourth-order valence-corrected chi connectivity index (χ4v) is 9.24. The third-order valence-electron chi connectivity index (χ3n) is 14.1. The van der Waals surface area contributed by atoms with Crippen LogP contribution in [0.5, 0.6) is 57.5 Å². The number of carbonyl (C=O) groups excluding carboxylic acids is 4. The third kappa shape index (κ3) is 38.2. The molecule has 0 saturated heterocycles. The first-order valence-corrected chi connectivity index (χ1v) is 40.2. The second-order valence-corrected chi connectivity index (χ2v) is 22.8. The Morgan fingerprint density at radius 3 is 0.906 bits per heavy atom. The number of H-pyrrole nitrogens is 2. The van der Waals surface area contributed by atoms with E-state index in [0.29, 0.717) is 130 Å². The summed E-state index contributed by atoms with van der Waals surface area (Å²) in [6.07, 6.45) is 30.5. The number of halogens is 2. The maximum absolute atomic E-state index is 11.9. The molecule has 106 heavy (non-hydrogen) atoms. The number of phenols is 3. The average Bonchev–Trinajstić information content (AvgIpc) is 0.970. The molecule has 7 rings (SSSR count). The van der Waals surface area contributed by atoms with Crippen molar-refractivity contribution in [3.05, 3.63) is 153 Å². The number of carboxylic acids is 1. The number of aromatic carboxylic acids is 1. The van der Waals surface area contributed by atoms with E-state index in [1.165, 1.54) is 82.0 Å². The van der Waals surface area contributed by atoms with Gasteiger partial charge >= 0.3 is 82.3 Å². The predicted molar refractivity (Wildman–Crippen MR) is 414 cm³/mol. The molecule has 0 saturated carbocycles. The molecule has 7 aromatic rings. The van der Waals surface area contributed by atoms with Crippen molar-refractivity contribution >= 4 is 57.7 Å². The molecule has 0 fully saturated rings. The minimum atomic E-state index is -1.02. The molecule has 27 heteroatoms. The van der Waals surface area contributed by atoms with Gasteiger partial charge in [-0.2, -0.15) is 10.2 Å². The summed E-state index contributed by atoms with van der Waals surface area (Å²) in [6.45, 7) is 11.4. The Balaban J connectivity index is 0.000000672. The van der Waals surface area contributed by atoms with Crippen molar-refractivity contribution in [3.63, 3.8) is 0 Å². The van der Waals surface area contributed by atoms with Gasteiger partial charge in [-0.05, 0) is 157 Å². The number of aromatic hydroxyl groups is 3. The van der Waals surface area contributed by atoms with Crippen molar-refractivity contribution in [2.75, 3.05) is 80.0 Å². The number of hydrogen-bond acceptors (Lipinski definition) is 21. The van der Waals surface area contributed by atoms with Gasteiger partial charge in [0, 0.05) is 72.7 Å². The van der Waals surface area contributed by atoms with Gasteiger partial charge in [-0.15, -0.1) is 49.4 Å². The SMILES string of the molecule is C.C#CCCCOc1cc(O)cc(C(=O)OC)c1.C#CCCCOc1cc(OCCCBr)cc(C(=O)OC)c1.C#CCCCOc1cc(OCCCc2c(C)n[nH]c2C)cc(C(=O)O)c1.C#CCCCOc1cc(OCCCc2c(C)n[nH]c2C)cc(C(=O)OC)c1.COC(=O)c1cc(O)cc(O)c1.I[XeH]. The van der Waals surface area contributed by atoms with E-state index in [9.17, 15) is 34.2 Å². The molecule has 0 bridgehead atoms. The minimum absolute atomic E-state index is 0. The molecule has 2 aromatic heterocycles. The van der Waals surface area contributed by atoms with Gasteiger partial charge in [-0.1, -0.05) is 23.4 Å². The van der Waals surface area contributed by atoms with E-state index in [2.05, 4.69) is 122 Å². The summed E-state index contributed by atoms with van der Waals surface area (Å²) in [5, 5.41) is 51.8. The standard InChI is InChI=1S/C21H26N2O4.C20H24N2O4.C16H19BrO4.C13H14O4.C8H8O4.CH4.HIXe/c1-5-6-7-10-26-18-12-17(21(24)25-4)13-19(14-18)27-11-8-9-20-15(2)22-23-16(20)3;1-4-5-6-9-25-17-11-16(20(23)24)12-18(13-17)26-10-7-8-19-14(2)21-22-15(19)3;1-3-4-5-8-20-14-10-13(16(18)19-2)11-15(12-14)21-9-6-7-17;1-3-4-5-6-17-12-8-10(13(15)16-2)7-11(14)9-12;1-12-8(11)5-2-6(9)4-7(10)3-5;;1-2/h1,12-14H,6-11H2,2-4H3,(H,22,23);1,11-13H,5-10H2,2-3H3,(H,21,22)(H,23,24);1,10-12H,4-9H2,2H3;1,7-9,14H,4-6H2,2H3;2-4,9-10H,1H3;1H4;2H. The number of aromatic amines is 2. The van der Waals surface area contributed by atoms with E-state index in [1.807, 2.05) is 27.7 Å². The van der Waals surface area contributed by atoms with Gasteiger partial charge in [0.25, 0.3) is 0 Å². The van der Waals surface area contributed by atoms with Gasteiger partial charge in [0.2, 0.25) is 0 Å². The topological polar surface area (TPSA) is 325 Å². The van der Waals surface area contributed by atoms with Crippen LogP contribution in [0.15, 0.2) is 91.0 Å². The fourth-order valence-electron chi connectivity index (χ4n) is 9.01. The molecule has 0 aliphatic carbocycles. The Morgan fingerprint density at radius 1 is 0.406 bits per heavy atom. The van der Waals surface area contributed by atoms with Crippen LogP contribution in [0.2, 0.25) is 0 Å². The first-order chi connectivity index (χ1) is 50.6. The number of terminal acetylenes is 4. The van der Waals surface area contributed by atoms with Gasteiger partial charge in [-0.25, -0.2) is 24.0 Å². The summed E-state index contributed by atoms with van der Waals surface area (Å²) in [7, 11) is 5.19. The number of nitrogens with one attached hydrogen (secondary N) is 2. The van der Waals surface area contributed by atoms with Gasteiger partial charge in [-0.3, -0.25) is 10.2 Å². The molecule has 574 valence electrons. The van der Waals surface area contributed by atoms with E-state index in [4.69, 9.17) is 78.5 Å². The summed E-state index contributed by atoms with van der Waals surface area (Å²) >= 11 is 7.58. The van der Waals surface area contributed by atoms with Crippen LogP contribution in [0.25, 0.3) is 0 Å². The van der Waals surface area contributed by atoms with Crippen LogP contribution in [-0.4, -0.2) is 151 Å². The first kappa shape index (κ1) is 94.9. The second kappa shape index (κ2) is 56.3. The monoisotopic (exact) mass is 1760 g/mol. The van der Waals surface area contributed by atoms with Crippen LogP contribution < -0.4 is 33.2 Å². The van der Waals surface area contributed by atoms with Crippen LogP contribution >= 0.6 is 27.9 Å². The van der Waals surface area contributed by atoms with E-state index < -0.39 is 29.8 Å². The van der Waals surface area contributed by atoms with Gasteiger partial charge in [0.05, 0.1) is 114 Å². The molecule has 0 unspecified atom stereocenters. The quantitative estimate of drug-likeness (QED) is 0.00537. The number of esters is 4. The third-order valence-corrected chi connectivity index (χ3v) is 14.7. The molecule has 24 nitrogen and oxygen atoms in total. The average molecular weight is 1760 g/mol. The number of carbonyl (C=O) groups is 5. The van der Waals surface area contributed by atoms with E-state index in [0.717, 1.165) is 85.5 Å². The number of nitrogens with zero attached hydrogens (tertiary/aromatic N) is 2. The Labute approximate surface area is 667 Å². The molecular weight excluding hydrogens is 1660 g/mol. The molecule has 2 heterocycles. The molecule has 0 amide bonds. The summed E-state index contributed by atoms with van der Waals surface area (Å²) in [4.78, 5) is 57.0. The number of phenolic OH excluding ortho intramolecular Hbond substituents is 3. The number of carboxylic acid groups (broad SMARTS) is 1. The number of aromatic nitrogens is 4. The number of hydrogen-bond donors (Lipinski definition) is 6. The van der Waals surface area contributed by atoms with Crippen LogP contribution in [0.3, 0.4) is 0 Å². The molecule has 0 aliphatic rings. The number of unbranched alkanes of at least 4 members (excludes halogenated alkanes) is 4. The summed E-state index contributed by atoms with van der Waals surface area (Å²) < 4.78 is 57.9. The maximum atomic E-state index is 11.9. The van der Waals surface area contributed by atoms with E-state index in [-0.39, 0.29) is 41.4 Å². The fraction of sp³-hybridized carbons (Fsp3) is 0.380. The summed E-state index contributed by atoms with van der Waals surface area (Å²) in [5.74, 6) is 10.5. The Kier molecular flexibility index (Phi) is 50.4. The van der Waals surface area contributed by atoms with Crippen LogP contribution in [-0.2, 0) is 31.8 Å². The predicted octanol–water partition coefficient (Wildman–Crippen LogP) is 14.7. The molecule has 6 N–H and O–H groups in total. The van der Waals surface area contributed by atoms with Crippen molar-refractivity contribution < 1.29 is 137 Å². The number of alkyl halides is 1. The number of ether oxygens (including phenoxy) is 11. The Bertz CT molecular complexity index is 3940. The van der Waals surface area contributed by atoms with Crippen molar-refractivity contribution in [1.82, 2.24) is 20.4 Å². The van der Waals surface area contributed by atoms with E-state index in [1.54, 1.807) is 42.5 Å². The zero-order chi connectivity index (χ0) is 77.9. The van der Waals surface area contributed by atoms with Crippen molar-refractivity contribution in [1.29, 1.82) is 0 Å². The van der Waals surface area contributed by atoms with Crippen LogP contribution in [0.1, 0.15) is 164 Å². The molecule has 0 radical (unpaired) electrons. The first-order valence-electron chi connectivity index (χ1n) is 32.8. The van der Waals surface area contributed by atoms with Crippen molar-refractivity contribution in [2.24, 2.45) is 0 Å². The molecule has 0 spiro atoms. The Morgan fingerprint density at radius 2 is 0.651 bits per heavy atom. The number of methoxy groups -OCH3 is 4. The second-order valence-electron chi connectivity index (χ2n) is 22.0. The van der Waals surface area contributed by atoms with Crippen LogP contribution in [0, 0.1) is 118 Å². The van der Waals surface area contributed by atoms with Crippen LogP contribution in [0.4, 0.5) is 0 Å². The van der Waals surface area contributed by atoms with Crippen molar-refractivity contribution in [2.45, 2.75) is 119 Å². The van der Waals surface area contributed by atoms with Gasteiger partial charge < -0.3 is 72.5 Å². The normalized spacial score (nSPS) is 9.74. The number of rotatable bonds is 35. The zero-order valence-corrected chi connectivity index (χ0v) is 66.1. The molecule has 0 aliphatic heterocycles. The van der Waals surface area contributed by atoms with Crippen molar-refractivity contribution in [3.8, 4) is 107 Å². The van der Waals surface area contributed by atoms with Gasteiger partial charge in [0.15, 0.2) is 0 Å². The Hall–Kier alpha value is -9.11. The molecule has 5 aromatic carbocycles. The van der Waals surface area contributed by atoms with E-state index >= 15 is 0 Å².